The van der Waals surface area contributed by atoms with Crippen LogP contribution >= 0.6 is 23.2 Å². The van der Waals surface area contributed by atoms with E-state index in [1.165, 1.54) is 12.1 Å². The Labute approximate surface area is 143 Å². The number of hydrogen-bond donors (Lipinski definition) is 2. The zero-order chi connectivity index (χ0) is 17.0. The summed E-state index contributed by atoms with van der Waals surface area (Å²) in [5.74, 6) is -0.606. The smallest absolute Gasteiger partial charge is 0.328 e. The Bertz CT molecular complexity index is 769. The number of aliphatic carboxylic acids is 1. The summed E-state index contributed by atoms with van der Waals surface area (Å²) in [5.41, 5.74) is 1.79. The third-order valence-electron chi connectivity index (χ3n) is 3.20. The Morgan fingerprint density at radius 1 is 1.26 bits per heavy atom. The molecular weight excluding hydrogens is 339 g/mol. The van der Waals surface area contributed by atoms with Gasteiger partial charge in [-0.15, -0.1) is 0 Å². The quantitative estimate of drug-likeness (QED) is 0.766. The topological polar surface area (TPSA) is 66.8 Å². The summed E-state index contributed by atoms with van der Waals surface area (Å²) in [7, 11) is 0. The van der Waals surface area contributed by atoms with E-state index in [2.05, 4.69) is 0 Å². The summed E-state index contributed by atoms with van der Waals surface area (Å²) in [6.45, 7) is 1.85. The normalized spacial score (nSPS) is 10.9. The van der Waals surface area contributed by atoms with E-state index in [1.54, 1.807) is 31.2 Å². The highest BCUT2D eigenvalue weighted by molar-refractivity contribution is 6.35. The molecule has 0 atom stereocenters. The summed E-state index contributed by atoms with van der Waals surface area (Å²) in [4.78, 5) is 10.7. The Balaban J connectivity index is 2.30. The van der Waals surface area contributed by atoms with E-state index < -0.39 is 5.97 Å². The number of halogens is 2. The SMILES string of the molecule is Cc1c(O)ccc(/C=C/C(=O)O)c1OCc1ccc(Cl)cc1Cl. The number of carboxylic acids is 1. The number of aromatic hydroxyl groups is 1. The van der Waals surface area contributed by atoms with E-state index in [0.29, 0.717) is 26.9 Å². The number of rotatable bonds is 5. The molecule has 23 heavy (non-hydrogen) atoms. The van der Waals surface area contributed by atoms with E-state index in [0.717, 1.165) is 11.6 Å². The van der Waals surface area contributed by atoms with Crippen molar-refractivity contribution in [2.45, 2.75) is 13.5 Å². The van der Waals surface area contributed by atoms with Gasteiger partial charge in [0, 0.05) is 32.8 Å². The number of hydrogen-bond acceptors (Lipinski definition) is 3. The molecule has 0 fully saturated rings. The number of carbonyl (C=O) groups is 1. The van der Waals surface area contributed by atoms with Crippen molar-refractivity contribution in [2.75, 3.05) is 0 Å². The van der Waals surface area contributed by atoms with Gasteiger partial charge in [0.15, 0.2) is 0 Å². The Morgan fingerprint density at radius 2 is 2.00 bits per heavy atom. The van der Waals surface area contributed by atoms with Crippen LogP contribution in [0.4, 0.5) is 0 Å². The van der Waals surface area contributed by atoms with E-state index >= 15 is 0 Å². The maximum Gasteiger partial charge on any atom is 0.328 e. The fraction of sp³-hybridized carbons (Fsp3) is 0.118. The fourth-order valence-corrected chi connectivity index (χ4v) is 2.44. The molecule has 0 aliphatic heterocycles. The Hall–Kier alpha value is -2.17. The molecule has 2 aromatic carbocycles. The second-order valence-electron chi connectivity index (χ2n) is 4.82. The molecule has 2 N–H and O–H groups in total. The van der Waals surface area contributed by atoms with Crippen LogP contribution in [0.15, 0.2) is 36.4 Å². The van der Waals surface area contributed by atoms with E-state index in [-0.39, 0.29) is 12.4 Å². The van der Waals surface area contributed by atoms with Crippen LogP contribution < -0.4 is 4.74 Å². The summed E-state index contributed by atoms with van der Waals surface area (Å²) in [6.07, 6.45) is 2.42. The largest absolute Gasteiger partial charge is 0.508 e. The highest BCUT2D eigenvalue weighted by Gasteiger charge is 2.11. The summed E-state index contributed by atoms with van der Waals surface area (Å²) < 4.78 is 5.76. The minimum atomic E-state index is -1.07. The minimum absolute atomic E-state index is 0.0645. The van der Waals surface area contributed by atoms with Gasteiger partial charge in [-0.2, -0.15) is 0 Å². The predicted octanol–water partition coefficient (Wildman–Crippen LogP) is 4.68. The van der Waals surface area contributed by atoms with Crippen molar-refractivity contribution < 1.29 is 19.7 Å². The summed E-state index contributed by atoms with van der Waals surface area (Å²) in [6, 6.07) is 8.13. The monoisotopic (exact) mass is 352 g/mol. The second-order valence-corrected chi connectivity index (χ2v) is 5.67. The van der Waals surface area contributed by atoms with E-state index in [4.69, 9.17) is 33.0 Å². The lowest BCUT2D eigenvalue weighted by Gasteiger charge is -2.14. The zero-order valence-electron chi connectivity index (χ0n) is 12.2. The molecule has 0 aliphatic rings. The molecule has 2 aromatic rings. The molecule has 4 nitrogen and oxygen atoms in total. The van der Waals surface area contributed by atoms with Crippen molar-refractivity contribution in [3.8, 4) is 11.5 Å². The van der Waals surface area contributed by atoms with Crippen LogP contribution in [0.3, 0.4) is 0 Å². The first kappa shape index (κ1) is 17.2. The number of ether oxygens (including phenoxy) is 1. The molecule has 6 heteroatoms. The number of carboxylic acid groups (broad SMARTS) is 1. The van der Waals surface area contributed by atoms with Gasteiger partial charge in [-0.1, -0.05) is 29.3 Å². The van der Waals surface area contributed by atoms with Crippen molar-refractivity contribution in [3.05, 3.63) is 63.1 Å². The standard InChI is InChI=1S/C17H14Cl2O4/c1-10-15(20)6-3-11(4-7-16(21)22)17(10)23-9-12-2-5-13(18)8-14(12)19/h2-8,20H,9H2,1H3,(H,21,22)/b7-4+. The molecule has 0 unspecified atom stereocenters. The van der Waals surface area contributed by atoms with Gasteiger partial charge in [-0.3, -0.25) is 0 Å². The minimum Gasteiger partial charge on any atom is -0.508 e. The van der Waals surface area contributed by atoms with Crippen molar-refractivity contribution in [2.24, 2.45) is 0 Å². The first-order valence-electron chi connectivity index (χ1n) is 6.69. The Morgan fingerprint density at radius 3 is 2.65 bits per heavy atom. The number of phenols is 1. The maximum absolute atomic E-state index is 10.7. The van der Waals surface area contributed by atoms with Gasteiger partial charge < -0.3 is 14.9 Å². The predicted molar refractivity (Wildman–Crippen MR) is 90.3 cm³/mol. The lowest BCUT2D eigenvalue weighted by molar-refractivity contribution is -0.131. The van der Waals surface area contributed by atoms with Crippen LogP contribution in [0.2, 0.25) is 10.0 Å². The third kappa shape index (κ3) is 4.41. The molecule has 0 radical (unpaired) electrons. The van der Waals surface area contributed by atoms with Crippen LogP contribution in [0.1, 0.15) is 16.7 Å². The molecule has 0 aliphatic carbocycles. The van der Waals surface area contributed by atoms with E-state index in [1.807, 2.05) is 0 Å². The first-order chi connectivity index (χ1) is 10.9. The van der Waals surface area contributed by atoms with Gasteiger partial charge in [-0.05, 0) is 37.3 Å². The molecule has 2 rings (SSSR count). The van der Waals surface area contributed by atoms with Crippen LogP contribution in [0.25, 0.3) is 6.08 Å². The van der Waals surface area contributed by atoms with E-state index in [9.17, 15) is 9.90 Å². The van der Waals surface area contributed by atoms with Crippen molar-refractivity contribution in [3.63, 3.8) is 0 Å². The zero-order valence-corrected chi connectivity index (χ0v) is 13.7. The molecular formula is C17H14Cl2O4. The Kier molecular flexibility index (Phi) is 5.53. The molecule has 0 amide bonds. The highest BCUT2D eigenvalue weighted by Crippen LogP contribution is 2.33. The first-order valence-corrected chi connectivity index (χ1v) is 7.44. The van der Waals surface area contributed by atoms with Crippen molar-refractivity contribution in [1.82, 2.24) is 0 Å². The fourth-order valence-electron chi connectivity index (χ4n) is 1.97. The molecule has 0 saturated heterocycles. The van der Waals surface area contributed by atoms with Gasteiger partial charge in [0.05, 0.1) is 0 Å². The molecule has 0 spiro atoms. The van der Waals surface area contributed by atoms with Crippen LogP contribution in [-0.2, 0) is 11.4 Å². The number of benzene rings is 2. The second kappa shape index (κ2) is 7.40. The van der Waals surface area contributed by atoms with Crippen LogP contribution in [0, 0.1) is 6.92 Å². The van der Waals surface area contributed by atoms with Crippen molar-refractivity contribution in [1.29, 1.82) is 0 Å². The molecule has 120 valence electrons. The molecule has 0 aromatic heterocycles. The van der Waals surface area contributed by atoms with Gasteiger partial charge in [-0.25, -0.2) is 4.79 Å². The van der Waals surface area contributed by atoms with Gasteiger partial charge in [0.25, 0.3) is 0 Å². The maximum atomic E-state index is 10.7. The van der Waals surface area contributed by atoms with Crippen LogP contribution in [-0.4, -0.2) is 16.2 Å². The van der Waals surface area contributed by atoms with Gasteiger partial charge in [0.2, 0.25) is 0 Å². The van der Waals surface area contributed by atoms with Gasteiger partial charge in [0.1, 0.15) is 18.1 Å². The lowest BCUT2D eigenvalue weighted by atomic mass is 10.1. The molecule has 0 heterocycles. The lowest BCUT2D eigenvalue weighted by Crippen LogP contribution is -2.00. The molecule has 0 bridgehead atoms. The molecule has 0 saturated carbocycles. The van der Waals surface area contributed by atoms with Crippen molar-refractivity contribution >= 4 is 35.2 Å². The highest BCUT2D eigenvalue weighted by atomic mass is 35.5. The average molecular weight is 353 g/mol. The van der Waals surface area contributed by atoms with Crippen LogP contribution in [0.5, 0.6) is 11.5 Å². The summed E-state index contributed by atoms with van der Waals surface area (Å²) in [5, 5.41) is 19.6. The number of phenolic OH excluding ortho intramolecular Hbond substituents is 1. The average Bonchev–Trinajstić information content (AvgIpc) is 2.49. The summed E-state index contributed by atoms with van der Waals surface area (Å²) >= 11 is 12.0. The third-order valence-corrected chi connectivity index (χ3v) is 3.79. The van der Waals surface area contributed by atoms with Gasteiger partial charge >= 0.3 is 5.97 Å².